The summed E-state index contributed by atoms with van der Waals surface area (Å²) in [4.78, 5) is 3.83. The molecule has 1 heteroatoms. The highest BCUT2D eigenvalue weighted by Gasteiger charge is 2.18. The lowest BCUT2D eigenvalue weighted by Crippen LogP contribution is -1.85. The van der Waals surface area contributed by atoms with E-state index in [4.69, 9.17) is 0 Å². The average Bonchev–Trinajstić information content (AvgIpc) is 3.23. The Labute approximate surface area is 188 Å². The summed E-state index contributed by atoms with van der Waals surface area (Å²) in [6.45, 7) is 0. The van der Waals surface area contributed by atoms with Gasteiger partial charge in [0.2, 0.25) is 0 Å². The van der Waals surface area contributed by atoms with E-state index in [2.05, 4.69) is 102 Å². The quantitative estimate of drug-likeness (QED) is 0.238. The monoisotopic (exact) mass is 415 g/mol. The fraction of sp³-hybridized carbons (Fsp3) is 0. The van der Waals surface area contributed by atoms with Crippen LogP contribution in [0.25, 0.3) is 86.4 Å². The molecule has 0 unspecified atom stereocenters. The molecule has 9 aromatic rings. The third-order valence-electron chi connectivity index (χ3n) is 7.82. The number of aromatic amines is 1. The molecule has 0 saturated carbocycles. The molecule has 0 bridgehead atoms. The van der Waals surface area contributed by atoms with Crippen molar-refractivity contribution in [2.75, 3.05) is 0 Å². The number of rotatable bonds is 0. The lowest BCUT2D eigenvalue weighted by atomic mass is 9.90. The molecular weight excluding hydrogens is 398 g/mol. The molecule has 150 valence electrons. The van der Waals surface area contributed by atoms with Crippen LogP contribution in [0.1, 0.15) is 0 Å². The lowest BCUT2D eigenvalue weighted by Gasteiger charge is -2.12. The van der Waals surface area contributed by atoms with E-state index in [1.165, 1.54) is 86.4 Å². The number of benzene rings is 8. The zero-order valence-electron chi connectivity index (χ0n) is 17.7. The molecule has 0 aliphatic carbocycles. The van der Waals surface area contributed by atoms with Crippen LogP contribution in [0, 0.1) is 0 Å². The van der Waals surface area contributed by atoms with Gasteiger partial charge in [0, 0.05) is 21.7 Å². The summed E-state index contributed by atoms with van der Waals surface area (Å²) in [5.74, 6) is 0. The van der Waals surface area contributed by atoms with Gasteiger partial charge in [-0.05, 0) is 71.4 Å². The molecule has 0 atom stereocenters. The molecule has 0 aliphatic rings. The van der Waals surface area contributed by atoms with Crippen molar-refractivity contribution in [3.63, 3.8) is 0 Å². The predicted octanol–water partition coefficient (Wildman–Crippen LogP) is 9.12. The Morgan fingerprint density at radius 1 is 0.364 bits per heavy atom. The summed E-state index contributed by atoms with van der Waals surface area (Å²) in [7, 11) is 0. The fourth-order valence-corrected chi connectivity index (χ4v) is 6.48. The second-order valence-electron chi connectivity index (χ2n) is 9.44. The first-order chi connectivity index (χ1) is 16.3. The fourth-order valence-electron chi connectivity index (χ4n) is 6.48. The minimum atomic E-state index is 1.21. The van der Waals surface area contributed by atoms with E-state index in [-0.39, 0.29) is 0 Å². The van der Waals surface area contributed by atoms with Crippen LogP contribution in [0.2, 0.25) is 0 Å². The Bertz CT molecular complexity index is 2200. The van der Waals surface area contributed by atoms with Crippen molar-refractivity contribution in [1.82, 2.24) is 4.98 Å². The molecule has 1 aromatic heterocycles. The first kappa shape index (κ1) is 16.3. The highest BCUT2D eigenvalue weighted by molar-refractivity contribution is 6.37. The first-order valence-electron chi connectivity index (χ1n) is 11.5. The SMILES string of the molecule is c1cc2ccc3cc4c([nH]c5cc6ccc7cccc8ccc(c54)c6c78)c4ccc(c1)c2c34. The van der Waals surface area contributed by atoms with Gasteiger partial charge in [-0.25, -0.2) is 0 Å². The van der Waals surface area contributed by atoms with Gasteiger partial charge in [0.25, 0.3) is 0 Å². The number of hydrogen-bond acceptors (Lipinski definition) is 0. The highest BCUT2D eigenvalue weighted by Crippen LogP contribution is 2.44. The molecule has 0 aliphatic heterocycles. The standard InChI is InChI=1S/C32H17N/c1-3-17-8-10-22-16-26-31(23-13-11-19(5-1)27(17)29(22)23)25-15-21-9-7-18-4-2-6-20-12-14-24(32(25)33-26)30(21)28(18)20/h1-16,33H. The van der Waals surface area contributed by atoms with E-state index in [0.717, 1.165) is 0 Å². The van der Waals surface area contributed by atoms with Crippen LogP contribution in [-0.2, 0) is 0 Å². The summed E-state index contributed by atoms with van der Waals surface area (Å²) in [5.41, 5.74) is 2.46. The minimum absolute atomic E-state index is 1.21. The van der Waals surface area contributed by atoms with Crippen LogP contribution in [0.5, 0.6) is 0 Å². The summed E-state index contributed by atoms with van der Waals surface area (Å²) in [6, 6.07) is 36.2. The first-order valence-corrected chi connectivity index (χ1v) is 11.5. The maximum atomic E-state index is 3.83. The van der Waals surface area contributed by atoms with E-state index in [0.29, 0.717) is 0 Å². The maximum Gasteiger partial charge on any atom is 0.0545 e. The number of aromatic nitrogens is 1. The predicted molar refractivity (Wildman–Crippen MR) is 143 cm³/mol. The molecule has 1 nitrogen and oxygen atoms in total. The zero-order valence-corrected chi connectivity index (χ0v) is 17.7. The van der Waals surface area contributed by atoms with Gasteiger partial charge in [-0.2, -0.15) is 0 Å². The third-order valence-corrected chi connectivity index (χ3v) is 7.82. The lowest BCUT2D eigenvalue weighted by molar-refractivity contribution is 1.58. The molecule has 1 heterocycles. The highest BCUT2D eigenvalue weighted by atomic mass is 14.7. The molecule has 0 radical (unpaired) electrons. The van der Waals surface area contributed by atoms with Crippen LogP contribution < -0.4 is 0 Å². The van der Waals surface area contributed by atoms with Crippen molar-refractivity contribution in [1.29, 1.82) is 0 Å². The van der Waals surface area contributed by atoms with Crippen LogP contribution in [0.4, 0.5) is 0 Å². The Balaban J connectivity index is 1.59. The van der Waals surface area contributed by atoms with E-state index in [9.17, 15) is 0 Å². The molecule has 0 saturated heterocycles. The number of H-pyrrole nitrogens is 1. The zero-order chi connectivity index (χ0) is 21.3. The molecule has 33 heavy (non-hydrogen) atoms. The van der Waals surface area contributed by atoms with Gasteiger partial charge in [-0.3, -0.25) is 0 Å². The van der Waals surface area contributed by atoms with E-state index in [1.54, 1.807) is 0 Å². The Morgan fingerprint density at radius 2 is 0.879 bits per heavy atom. The van der Waals surface area contributed by atoms with Gasteiger partial charge in [-0.15, -0.1) is 0 Å². The average molecular weight is 415 g/mol. The van der Waals surface area contributed by atoms with Crippen LogP contribution in [-0.4, -0.2) is 4.98 Å². The van der Waals surface area contributed by atoms with Gasteiger partial charge in [-0.1, -0.05) is 84.9 Å². The van der Waals surface area contributed by atoms with Gasteiger partial charge in [0.15, 0.2) is 0 Å². The minimum Gasteiger partial charge on any atom is -0.354 e. The largest absolute Gasteiger partial charge is 0.354 e. The summed E-state index contributed by atoms with van der Waals surface area (Å²) in [6.07, 6.45) is 0. The summed E-state index contributed by atoms with van der Waals surface area (Å²) < 4.78 is 0. The van der Waals surface area contributed by atoms with Crippen molar-refractivity contribution < 1.29 is 0 Å². The van der Waals surface area contributed by atoms with E-state index >= 15 is 0 Å². The second kappa shape index (κ2) is 5.33. The van der Waals surface area contributed by atoms with Crippen molar-refractivity contribution in [2.45, 2.75) is 0 Å². The van der Waals surface area contributed by atoms with Crippen molar-refractivity contribution in [3.05, 3.63) is 97.1 Å². The molecule has 1 N–H and O–H groups in total. The molecular formula is C32H17N. The van der Waals surface area contributed by atoms with Gasteiger partial charge < -0.3 is 4.98 Å². The Kier molecular flexibility index (Phi) is 2.63. The summed E-state index contributed by atoms with van der Waals surface area (Å²) in [5, 5.41) is 18.6. The Hall–Kier alpha value is -4.36. The van der Waals surface area contributed by atoms with E-state index in [1.807, 2.05) is 0 Å². The van der Waals surface area contributed by atoms with Crippen molar-refractivity contribution in [3.8, 4) is 0 Å². The third kappa shape index (κ3) is 1.83. The van der Waals surface area contributed by atoms with Gasteiger partial charge in [0.05, 0.1) is 5.52 Å². The Morgan fingerprint density at radius 3 is 1.55 bits per heavy atom. The smallest absolute Gasteiger partial charge is 0.0545 e. The molecule has 0 spiro atoms. The number of nitrogens with one attached hydrogen (secondary N) is 1. The molecule has 0 amide bonds. The normalized spacial score (nSPS) is 12.8. The van der Waals surface area contributed by atoms with Crippen molar-refractivity contribution in [2.24, 2.45) is 0 Å². The number of fused-ring (bicyclic) bond motifs is 5. The molecule has 0 fully saturated rings. The van der Waals surface area contributed by atoms with Crippen LogP contribution in [0.15, 0.2) is 97.1 Å². The van der Waals surface area contributed by atoms with Gasteiger partial charge in [0.1, 0.15) is 0 Å². The van der Waals surface area contributed by atoms with Gasteiger partial charge >= 0.3 is 0 Å². The number of hydrogen-bond donors (Lipinski definition) is 1. The van der Waals surface area contributed by atoms with Crippen LogP contribution in [0.3, 0.4) is 0 Å². The van der Waals surface area contributed by atoms with E-state index < -0.39 is 0 Å². The maximum absolute atomic E-state index is 3.83. The summed E-state index contributed by atoms with van der Waals surface area (Å²) >= 11 is 0. The molecule has 8 aromatic carbocycles. The second-order valence-corrected chi connectivity index (χ2v) is 9.44. The van der Waals surface area contributed by atoms with Crippen molar-refractivity contribution >= 4 is 86.4 Å². The molecule has 9 rings (SSSR count). The topological polar surface area (TPSA) is 15.8 Å². The van der Waals surface area contributed by atoms with Crippen LogP contribution >= 0.6 is 0 Å².